The quantitative estimate of drug-likeness (QED) is 0.792. The molecule has 1 aromatic heterocycles. The highest BCUT2D eigenvalue weighted by Gasteiger charge is 2.67. The van der Waals surface area contributed by atoms with Gasteiger partial charge in [0.15, 0.2) is 0 Å². The Labute approximate surface area is 160 Å². The van der Waals surface area contributed by atoms with Gasteiger partial charge in [-0.3, -0.25) is 19.7 Å². The van der Waals surface area contributed by atoms with Crippen LogP contribution in [-0.2, 0) is 20.8 Å². The molecule has 4 rings (SSSR count). The van der Waals surface area contributed by atoms with Crippen molar-refractivity contribution in [2.75, 3.05) is 4.90 Å². The Morgan fingerprint density at radius 2 is 1.93 bits per heavy atom. The van der Waals surface area contributed by atoms with Crippen molar-refractivity contribution >= 4 is 34.8 Å². The molecule has 2 saturated heterocycles. The van der Waals surface area contributed by atoms with Crippen molar-refractivity contribution in [2.45, 2.75) is 31.8 Å². The molecule has 0 aliphatic carbocycles. The number of hydrogen-bond donors (Lipinski definition) is 2. The molecule has 3 heterocycles. The number of thiophene rings is 1. The molecule has 6 nitrogen and oxygen atoms in total. The minimum absolute atomic E-state index is 0.342. The zero-order valence-corrected chi connectivity index (χ0v) is 15.8. The molecule has 4 atom stereocenters. The van der Waals surface area contributed by atoms with E-state index in [1.807, 2.05) is 36.6 Å². The number of benzene rings is 1. The second kappa shape index (κ2) is 6.28. The fourth-order valence-corrected chi connectivity index (χ4v) is 5.01. The number of carboxylic acids is 1. The van der Waals surface area contributed by atoms with Gasteiger partial charge in [-0.15, -0.1) is 11.3 Å². The van der Waals surface area contributed by atoms with Crippen LogP contribution >= 0.6 is 11.3 Å². The van der Waals surface area contributed by atoms with Crippen LogP contribution < -0.4 is 10.2 Å². The van der Waals surface area contributed by atoms with Crippen molar-refractivity contribution in [3.63, 3.8) is 0 Å². The van der Waals surface area contributed by atoms with Gasteiger partial charge in [-0.05, 0) is 42.5 Å². The predicted molar refractivity (Wildman–Crippen MR) is 102 cm³/mol. The molecule has 7 heteroatoms. The molecule has 0 saturated carbocycles. The maximum absolute atomic E-state index is 13.2. The molecule has 2 fully saturated rings. The summed E-state index contributed by atoms with van der Waals surface area (Å²) in [6.45, 7) is 3.52. The molecule has 2 amide bonds. The minimum atomic E-state index is -1.50. The number of aryl methyl sites for hydroxylation is 1. The molecule has 2 aliphatic rings. The van der Waals surface area contributed by atoms with E-state index >= 15 is 0 Å². The van der Waals surface area contributed by atoms with E-state index < -0.39 is 35.3 Å². The van der Waals surface area contributed by atoms with Crippen LogP contribution in [-0.4, -0.2) is 28.4 Å². The Morgan fingerprint density at radius 3 is 2.48 bits per heavy atom. The molecular formula is C20H20N2O4S. The fraction of sp³-hybridized carbons (Fsp3) is 0.350. The molecule has 0 radical (unpaired) electrons. The maximum atomic E-state index is 13.2. The van der Waals surface area contributed by atoms with Crippen LogP contribution in [0.4, 0.5) is 5.69 Å². The van der Waals surface area contributed by atoms with Gasteiger partial charge in [-0.1, -0.05) is 25.1 Å². The van der Waals surface area contributed by atoms with Crippen LogP contribution in [0.25, 0.3) is 0 Å². The first-order valence-corrected chi connectivity index (χ1v) is 9.77. The summed E-state index contributed by atoms with van der Waals surface area (Å²) in [7, 11) is 0. The van der Waals surface area contributed by atoms with Crippen molar-refractivity contribution in [1.82, 2.24) is 5.32 Å². The SMILES string of the molecule is CCc1ccc(N2C(=O)C3C(c4cccs4)NC(C)(C(=O)O)C3C2=O)cc1. The third-order valence-corrected chi connectivity index (χ3v) is 6.64. The number of aliphatic carboxylic acids is 1. The third-order valence-electron chi connectivity index (χ3n) is 5.68. The lowest BCUT2D eigenvalue weighted by atomic mass is 9.81. The first-order valence-electron chi connectivity index (χ1n) is 8.89. The average molecular weight is 384 g/mol. The second-order valence-electron chi connectivity index (χ2n) is 7.18. The van der Waals surface area contributed by atoms with E-state index in [-0.39, 0.29) is 5.91 Å². The van der Waals surface area contributed by atoms with Gasteiger partial charge >= 0.3 is 5.97 Å². The van der Waals surface area contributed by atoms with E-state index in [9.17, 15) is 19.5 Å². The molecule has 27 heavy (non-hydrogen) atoms. The molecule has 2 aliphatic heterocycles. The number of carboxylic acid groups (broad SMARTS) is 1. The average Bonchev–Trinajstić information content (AvgIpc) is 3.34. The number of carbonyl (C=O) groups is 3. The zero-order valence-electron chi connectivity index (χ0n) is 15.0. The predicted octanol–water partition coefficient (Wildman–Crippen LogP) is 2.60. The lowest BCUT2D eigenvalue weighted by molar-refractivity contribution is -0.147. The van der Waals surface area contributed by atoms with E-state index in [0.717, 1.165) is 21.8 Å². The summed E-state index contributed by atoms with van der Waals surface area (Å²) in [6.07, 6.45) is 0.856. The van der Waals surface area contributed by atoms with Crippen LogP contribution in [0, 0.1) is 11.8 Å². The second-order valence-corrected chi connectivity index (χ2v) is 8.16. The number of anilines is 1. The van der Waals surface area contributed by atoms with Gasteiger partial charge < -0.3 is 5.11 Å². The topological polar surface area (TPSA) is 86.7 Å². The van der Waals surface area contributed by atoms with E-state index in [1.165, 1.54) is 18.3 Å². The normalized spacial score (nSPS) is 30.0. The molecule has 1 aromatic carbocycles. The van der Waals surface area contributed by atoms with Crippen molar-refractivity contribution < 1.29 is 19.5 Å². The number of imide groups is 1. The number of carbonyl (C=O) groups excluding carboxylic acids is 2. The highest BCUT2D eigenvalue weighted by Crippen LogP contribution is 2.50. The van der Waals surface area contributed by atoms with Crippen molar-refractivity contribution in [2.24, 2.45) is 11.8 Å². The number of rotatable bonds is 4. The fourth-order valence-electron chi connectivity index (χ4n) is 4.18. The van der Waals surface area contributed by atoms with Crippen molar-refractivity contribution in [1.29, 1.82) is 0 Å². The van der Waals surface area contributed by atoms with E-state index in [0.29, 0.717) is 5.69 Å². The standard InChI is InChI=1S/C20H20N2O4S/c1-3-11-6-8-12(9-7-11)22-17(23)14-15(18(22)24)20(2,19(25)26)21-16(14)13-5-4-10-27-13/h4-10,14-16,21H,3H2,1-2H3,(H,25,26). The van der Waals surface area contributed by atoms with Crippen LogP contribution in [0.3, 0.4) is 0 Å². The largest absolute Gasteiger partial charge is 0.480 e. The Morgan fingerprint density at radius 1 is 1.22 bits per heavy atom. The molecule has 0 bridgehead atoms. The molecule has 0 spiro atoms. The smallest absolute Gasteiger partial charge is 0.324 e. The lowest BCUT2D eigenvalue weighted by Crippen LogP contribution is -2.53. The van der Waals surface area contributed by atoms with Crippen molar-refractivity contribution in [3.8, 4) is 0 Å². The summed E-state index contributed by atoms with van der Waals surface area (Å²) in [5, 5.41) is 14.8. The Balaban J connectivity index is 1.79. The maximum Gasteiger partial charge on any atom is 0.324 e. The van der Waals surface area contributed by atoms with Gasteiger partial charge in [-0.2, -0.15) is 0 Å². The van der Waals surface area contributed by atoms with E-state index in [2.05, 4.69) is 5.32 Å². The highest BCUT2D eigenvalue weighted by molar-refractivity contribution is 7.10. The number of nitrogens with zero attached hydrogens (tertiary/aromatic N) is 1. The third kappa shape index (κ3) is 2.53. The van der Waals surface area contributed by atoms with Crippen LogP contribution in [0.15, 0.2) is 41.8 Å². The van der Waals surface area contributed by atoms with Crippen LogP contribution in [0.1, 0.15) is 30.3 Å². The number of nitrogens with one attached hydrogen (secondary N) is 1. The first-order chi connectivity index (χ1) is 12.9. The zero-order chi connectivity index (χ0) is 19.3. The summed E-state index contributed by atoms with van der Waals surface area (Å²) in [6, 6.07) is 10.5. The van der Waals surface area contributed by atoms with E-state index in [1.54, 1.807) is 12.1 Å². The number of hydrogen-bond acceptors (Lipinski definition) is 5. The molecular weight excluding hydrogens is 364 g/mol. The van der Waals surface area contributed by atoms with Crippen molar-refractivity contribution in [3.05, 3.63) is 52.2 Å². The summed E-state index contributed by atoms with van der Waals surface area (Å²) < 4.78 is 0. The van der Waals surface area contributed by atoms with Gasteiger partial charge in [0.05, 0.1) is 23.6 Å². The first kappa shape index (κ1) is 17.9. The Bertz CT molecular complexity index is 909. The number of fused-ring (bicyclic) bond motifs is 1. The molecule has 2 N–H and O–H groups in total. The summed E-state index contributed by atoms with van der Waals surface area (Å²) in [4.78, 5) is 40.5. The molecule has 4 unspecified atom stereocenters. The van der Waals surface area contributed by atoms with Gasteiger partial charge in [0.25, 0.3) is 0 Å². The number of amides is 2. The van der Waals surface area contributed by atoms with Gasteiger partial charge in [0.1, 0.15) is 5.54 Å². The van der Waals surface area contributed by atoms with Crippen LogP contribution in [0.2, 0.25) is 0 Å². The molecule has 140 valence electrons. The summed E-state index contributed by atoms with van der Waals surface area (Å²) in [5.41, 5.74) is 0.102. The summed E-state index contributed by atoms with van der Waals surface area (Å²) >= 11 is 1.45. The van der Waals surface area contributed by atoms with E-state index in [4.69, 9.17) is 0 Å². The molecule has 2 aromatic rings. The Kier molecular flexibility index (Phi) is 4.16. The minimum Gasteiger partial charge on any atom is -0.480 e. The Hall–Kier alpha value is -2.51. The highest BCUT2D eigenvalue weighted by atomic mass is 32.1. The van der Waals surface area contributed by atoms with Gasteiger partial charge in [-0.25, -0.2) is 4.90 Å². The lowest BCUT2D eigenvalue weighted by Gasteiger charge is -2.27. The van der Waals surface area contributed by atoms with Gasteiger partial charge in [0, 0.05) is 4.88 Å². The monoisotopic (exact) mass is 384 g/mol. The van der Waals surface area contributed by atoms with Gasteiger partial charge in [0.2, 0.25) is 11.8 Å². The van der Waals surface area contributed by atoms with Crippen LogP contribution in [0.5, 0.6) is 0 Å². The summed E-state index contributed by atoms with van der Waals surface area (Å²) in [5.74, 6) is -3.60.